The van der Waals surface area contributed by atoms with E-state index < -0.39 is 36.6 Å². The Kier molecular flexibility index (Phi) is 8.28. The number of hydrogen-bond acceptors (Lipinski definition) is 9. The molecular formula is C28H33F3N6O5. The molecule has 3 saturated heterocycles. The number of carbonyl (C=O) groups is 3. The van der Waals surface area contributed by atoms with Crippen molar-refractivity contribution in [3.8, 4) is 11.1 Å². The van der Waals surface area contributed by atoms with Gasteiger partial charge in [-0.1, -0.05) is 6.07 Å². The molecule has 3 atom stereocenters. The molecule has 42 heavy (non-hydrogen) atoms. The molecule has 0 radical (unpaired) electrons. The lowest BCUT2D eigenvalue weighted by Gasteiger charge is -2.31. The second-order valence-electron chi connectivity index (χ2n) is 10.9. The van der Waals surface area contributed by atoms with E-state index in [2.05, 4.69) is 4.90 Å². The average molecular weight is 591 g/mol. The number of hydrogen-bond donors (Lipinski definition) is 2. The number of primary amides is 1. The molecule has 11 nitrogen and oxygen atoms in total. The lowest BCUT2D eigenvalue weighted by atomic mass is 9.99. The Morgan fingerprint density at radius 3 is 2.48 bits per heavy atom. The summed E-state index contributed by atoms with van der Waals surface area (Å²) >= 11 is 0. The lowest BCUT2D eigenvalue weighted by molar-refractivity contribution is -0.167. The summed E-state index contributed by atoms with van der Waals surface area (Å²) in [6.45, 7) is 4.68. The fourth-order valence-corrected chi connectivity index (χ4v) is 5.74. The van der Waals surface area contributed by atoms with E-state index in [4.69, 9.17) is 25.9 Å². The van der Waals surface area contributed by atoms with Crippen molar-refractivity contribution in [2.24, 2.45) is 17.4 Å². The minimum Gasteiger partial charge on any atom is -0.434 e. The lowest BCUT2D eigenvalue weighted by Crippen LogP contribution is -2.41. The van der Waals surface area contributed by atoms with Gasteiger partial charge in [-0.25, -0.2) is 9.78 Å². The smallest absolute Gasteiger partial charge is 0.398 e. The van der Waals surface area contributed by atoms with Gasteiger partial charge in [0, 0.05) is 50.2 Å². The van der Waals surface area contributed by atoms with Gasteiger partial charge in [-0.15, -0.1) is 0 Å². The van der Waals surface area contributed by atoms with Crippen LogP contribution in [0.3, 0.4) is 0 Å². The highest BCUT2D eigenvalue weighted by Gasteiger charge is 2.44. The zero-order chi connectivity index (χ0) is 30.2. The summed E-state index contributed by atoms with van der Waals surface area (Å²) < 4.78 is 50.7. The fourth-order valence-electron chi connectivity index (χ4n) is 5.74. The number of aromatic nitrogens is 1. The third kappa shape index (κ3) is 6.44. The summed E-state index contributed by atoms with van der Waals surface area (Å²) in [4.78, 5) is 46.2. The topological polar surface area (TPSA) is 144 Å². The van der Waals surface area contributed by atoms with Gasteiger partial charge in [0.15, 0.2) is 6.23 Å². The number of amides is 2. The first kappa shape index (κ1) is 29.6. The number of rotatable bonds is 6. The quantitative estimate of drug-likeness (QED) is 0.382. The number of morpholine rings is 1. The van der Waals surface area contributed by atoms with Gasteiger partial charge in [0.05, 0.1) is 19.6 Å². The number of aryl methyl sites for hydroxylation is 1. The van der Waals surface area contributed by atoms with Crippen LogP contribution in [0.25, 0.3) is 11.1 Å². The van der Waals surface area contributed by atoms with E-state index in [0.717, 1.165) is 16.7 Å². The third-order valence-electron chi connectivity index (χ3n) is 7.80. The molecule has 0 saturated carbocycles. The van der Waals surface area contributed by atoms with Crippen molar-refractivity contribution < 1.29 is 37.0 Å². The monoisotopic (exact) mass is 590 g/mol. The molecular weight excluding hydrogens is 557 g/mol. The molecule has 5 rings (SSSR count). The van der Waals surface area contributed by atoms with Gasteiger partial charge in [-0.05, 0) is 54.3 Å². The van der Waals surface area contributed by atoms with Crippen LogP contribution in [0.15, 0.2) is 30.3 Å². The number of carbonyl (C=O) groups excluding carboxylic acids is 3. The van der Waals surface area contributed by atoms with Gasteiger partial charge in [0.1, 0.15) is 11.6 Å². The first-order valence-corrected chi connectivity index (χ1v) is 13.7. The van der Waals surface area contributed by atoms with Crippen LogP contribution in [-0.2, 0) is 23.9 Å². The molecule has 4 heterocycles. The highest BCUT2D eigenvalue weighted by Crippen LogP contribution is 2.40. The Morgan fingerprint density at radius 2 is 1.83 bits per heavy atom. The summed E-state index contributed by atoms with van der Waals surface area (Å²) in [7, 11) is 0. The van der Waals surface area contributed by atoms with Gasteiger partial charge in [-0.2, -0.15) is 13.2 Å². The van der Waals surface area contributed by atoms with E-state index in [-0.39, 0.29) is 31.3 Å². The standard InChI is InChI=1S/C28H33F3N6O5/c1-16-2-3-20(36-5-4-17(14-28(29,30)31)26(36)42-27(40)25(33)39)13-21(16)18-10-22(35-6-8-41-9-7-35)34-23(11-18)37-15-19(32)12-24(37)38/h2-3,10-11,13,17,19,26H,4-9,12,14-15,32H2,1H3,(H2,33,39)/t17-,19+,26?/m0/s1. The number of nitrogens with two attached hydrogens (primary N) is 2. The van der Waals surface area contributed by atoms with Gasteiger partial charge >= 0.3 is 18.1 Å². The molecule has 3 aliphatic rings. The molecule has 1 aromatic heterocycles. The van der Waals surface area contributed by atoms with E-state index in [9.17, 15) is 27.6 Å². The second-order valence-corrected chi connectivity index (χ2v) is 10.9. The zero-order valence-corrected chi connectivity index (χ0v) is 23.1. The average Bonchev–Trinajstić information content (AvgIpc) is 3.49. The number of alkyl halides is 3. The van der Waals surface area contributed by atoms with Crippen molar-refractivity contribution >= 4 is 35.1 Å². The van der Waals surface area contributed by atoms with Crippen molar-refractivity contribution in [1.82, 2.24) is 4.98 Å². The van der Waals surface area contributed by atoms with Crippen LogP contribution in [0.2, 0.25) is 0 Å². The normalized spacial score (nSPS) is 23.0. The molecule has 0 aliphatic carbocycles. The van der Waals surface area contributed by atoms with Crippen molar-refractivity contribution in [2.75, 3.05) is 54.1 Å². The summed E-state index contributed by atoms with van der Waals surface area (Å²) in [5.74, 6) is -2.87. The summed E-state index contributed by atoms with van der Waals surface area (Å²) in [5, 5.41) is 0. The Morgan fingerprint density at radius 1 is 1.12 bits per heavy atom. The van der Waals surface area contributed by atoms with Crippen LogP contribution in [0.1, 0.15) is 24.8 Å². The molecule has 14 heteroatoms. The summed E-state index contributed by atoms with van der Waals surface area (Å²) in [6, 6.07) is 8.75. The predicted molar refractivity (Wildman–Crippen MR) is 148 cm³/mol. The summed E-state index contributed by atoms with van der Waals surface area (Å²) in [5.41, 5.74) is 14.0. The number of benzene rings is 1. The van der Waals surface area contributed by atoms with Crippen molar-refractivity contribution in [2.45, 2.75) is 44.6 Å². The number of halogens is 3. The van der Waals surface area contributed by atoms with Gasteiger partial charge in [0.2, 0.25) is 5.91 Å². The van der Waals surface area contributed by atoms with Gasteiger partial charge in [-0.3, -0.25) is 14.5 Å². The second kappa shape index (κ2) is 11.8. The Balaban J connectivity index is 1.54. The third-order valence-corrected chi connectivity index (χ3v) is 7.80. The van der Waals surface area contributed by atoms with Crippen LogP contribution < -0.4 is 26.2 Å². The number of anilines is 3. The number of pyridine rings is 1. The van der Waals surface area contributed by atoms with E-state index >= 15 is 0 Å². The molecule has 0 spiro atoms. The van der Waals surface area contributed by atoms with E-state index in [1.54, 1.807) is 28.0 Å². The molecule has 2 aromatic rings. The Bertz CT molecular complexity index is 1370. The number of ether oxygens (including phenoxy) is 2. The van der Waals surface area contributed by atoms with Gasteiger partial charge < -0.3 is 30.7 Å². The fraction of sp³-hybridized carbons (Fsp3) is 0.500. The Hall–Kier alpha value is -3.91. The molecule has 0 bridgehead atoms. The molecule has 4 N–H and O–H groups in total. The van der Waals surface area contributed by atoms with Crippen LogP contribution in [0.5, 0.6) is 0 Å². The number of nitrogens with zero attached hydrogens (tertiary/aromatic N) is 4. The predicted octanol–water partition coefficient (Wildman–Crippen LogP) is 2.09. The van der Waals surface area contributed by atoms with Gasteiger partial charge in [0.25, 0.3) is 0 Å². The van der Waals surface area contributed by atoms with Crippen LogP contribution in [0.4, 0.5) is 30.5 Å². The van der Waals surface area contributed by atoms with E-state index in [1.807, 2.05) is 19.1 Å². The molecule has 3 fully saturated rings. The maximum Gasteiger partial charge on any atom is 0.398 e. The highest BCUT2D eigenvalue weighted by atomic mass is 19.4. The largest absolute Gasteiger partial charge is 0.434 e. The van der Waals surface area contributed by atoms with E-state index in [1.165, 1.54) is 0 Å². The molecule has 3 aliphatic heterocycles. The van der Waals surface area contributed by atoms with E-state index in [0.29, 0.717) is 50.2 Å². The first-order chi connectivity index (χ1) is 19.9. The Labute approximate surface area is 240 Å². The van der Waals surface area contributed by atoms with Crippen LogP contribution in [0, 0.1) is 12.8 Å². The maximum absolute atomic E-state index is 13.3. The zero-order valence-electron chi connectivity index (χ0n) is 23.1. The minimum absolute atomic E-state index is 0.0946. The highest BCUT2D eigenvalue weighted by molar-refractivity contribution is 6.31. The minimum atomic E-state index is -4.49. The van der Waals surface area contributed by atoms with Crippen molar-refractivity contribution in [3.63, 3.8) is 0 Å². The van der Waals surface area contributed by atoms with Crippen LogP contribution in [-0.4, -0.2) is 80.6 Å². The molecule has 2 amide bonds. The molecule has 226 valence electrons. The van der Waals surface area contributed by atoms with Crippen molar-refractivity contribution in [1.29, 1.82) is 0 Å². The van der Waals surface area contributed by atoms with Crippen molar-refractivity contribution in [3.05, 3.63) is 35.9 Å². The first-order valence-electron chi connectivity index (χ1n) is 13.7. The molecule has 1 aromatic carbocycles. The summed E-state index contributed by atoms with van der Waals surface area (Å²) in [6.07, 6.45) is -6.69. The molecule has 1 unspecified atom stereocenters. The van der Waals surface area contributed by atoms with Crippen LogP contribution >= 0.6 is 0 Å². The number of esters is 1. The SMILES string of the molecule is Cc1ccc(N2CC[C@@H](CC(F)(F)F)C2OC(=O)C(N)=O)cc1-c1cc(N2CCOCC2)nc(N2C[C@H](N)CC2=O)c1. The maximum atomic E-state index is 13.3.